The standard InChI is InChI=1S/2CO.Cu/c2*1-2;. The third kappa shape index (κ3) is 3.68. The van der Waals surface area contributed by atoms with E-state index in [1.807, 2.05) is 0 Å². The summed E-state index contributed by atoms with van der Waals surface area (Å²) < 4.78 is 0. The van der Waals surface area contributed by atoms with Crippen molar-refractivity contribution in [2.24, 2.45) is 0 Å². The van der Waals surface area contributed by atoms with Crippen LogP contribution in [0.25, 0.3) is 0 Å². The summed E-state index contributed by atoms with van der Waals surface area (Å²) in [6, 6.07) is 0. The van der Waals surface area contributed by atoms with Crippen LogP contribution < -0.4 is 0 Å². The molecule has 0 saturated heterocycles. The van der Waals surface area contributed by atoms with Crippen LogP contribution in [0.4, 0.5) is 0 Å². The normalized spacial score (nSPS) is 5.60. The molecule has 0 atom stereocenters. The molecule has 0 bridgehead atoms. The van der Waals surface area contributed by atoms with Crippen LogP contribution >= 0.6 is 0 Å². The second-order valence-electron chi connectivity index (χ2n) is 0.198. The van der Waals surface area contributed by atoms with E-state index >= 15 is 0 Å². The van der Waals surface area contributed by atoms with Gasteiger partial charge in [0.25, 0.3) is 0 Å². The van der Waals surface area contributed by atoms with Gasteiger partial charge >= 0.3 is 33.2 Å². The number of hydrogen-bond donors (Lipinski definition) is 0. The predicted molar refractivity (Wildman–Crippen MR) is 11.4 cm³/mol. The molecule has 0 N–H and O–H groups in total. The molecular weight excluding hydrogens is 120 g/mol. The molecule has 0 aromatic heterocycles. The van der Waals surface area contributed by atoms with Gasteiger partial charge in [-0.1, -0.05) is 0 Å². The monoisotopic (exact) mass is 119 g/mol. The van der Waals surface area contributed by atoms with Crippen LogP contribution in [-0.2, 0) is 23.7 Å². The second kappa shape index (κ2) is 3.68. The van der Waals surface area contributed by atoms with Crippen LogP contribution in [0.15, 0.2) is 0 Å². The molecule has 3 heteroatoms. The Morgan fingerprint density at radius 3 is 1.60 bits per heavy atom. The van der Waals surface area contributed by atoms with Gasteiger partial charge in [0, 0.05) is 0 Å². The van der Waals surface area contributed by atoms with Crippen molar-refractivity contribution in [3.8, 4) is 0 Å². The quantitative estimate of drug-likeness (QED) is 0.392. The predicted octanol–water partition coefficient (Wildman–Crippen LogP) is -0.797. The third-order valence-electron chi connectivity index (χ3n) is 0.0615. The van der Waals surface area contributed by atoms with Gasteiger partial charge in [0.1, 0.15) is 0 Å². The Morgan fingerprint density at radius 1 is 1.20 bits per heavy atom. The molecule has 0 aromatic rings. The summed E-state index contributed by atoms with van der Waals surface area (Å²) in [6.07, 6.45) is 0. The molecule has 0 unspecified atom stereocenters. The summed E-state index contributed by atoms with van der Waals surface area (Å²) in [5, 5.41) is 0. The molecule has 0 aliphatic heterocycles. The minimum atomic E-state index is 0.424. The molecule has 0 heterocycles. The van der Waals surface area contributed by atoms with E-state index < -0.39 is 0 Å². The van der Waals surface area contributed by atoms with E-state index in [4.69, 9.17) is 9.59 Å². The Morgan fingerprint density at radius 2 is 1.60 bits per heavy atom. The fourth-order valence-electron chi connectivity index (χ4n) is 0.0126. The molecule has 0 spiro atoms. The molecule has 5 heavy (non-hydrogen) atoms. The molecule has 0 aliphatic rings. The Bertz CT molecular complexity index is 99.6. The molecule has 31 valence electrons. The Hall–Kier alpha value is -0.321. The van der Waals surface area contributed by atoms with Crippen molar-refractivity contribution < 1.29 is 23.7 Å². The summed E-state index contributed by atoms with van der Waals surface area (Å²) in [4.78, 5) is 20.5. The first kappa shape index (κ1) is 4.68. The Balaban J connectivity index is 4.38. The van der Waals surface area contributed by atoms with Crippen molar-refractivity contribution in [2.75, 3.05) is 0 Å². The summed E-state index contributed by atoms with van der Waals surface area (Å²) in [7, 11) is 0. The summed E-state index contributed by atoms with van der Waals surface area (Å²) in [5.74, 6) is 0. The van der Waals surface area contributed by atoms with E-state index in [1.165, 1.54) is 9.57 Å². The van der Waals surface area contributed by atoms with Crippen LogP contribution in [0.3, 0.4) is 0 Å². The number of hydrogen-bond acceptors (Lipinski definition) is 2. The third-order valence-corrected chi connectivity index (χ3v) is 0.254. The molecule has 0 aliphatic carbocycles. The molecule has 0 fully saturated rings. The second-order valence-corrected chi connectivity index (χ2v) is 0.818. The number of carbonyl (C=O) groups excluding carboxylic acids is 2. The zero-order valence-electron chi connectivity index (χ0n) is 2.12. The molecule has 0 rings (SSSR count). The van der Waals surface area contributed by atoms with Gasteiger partial charge < -0.3 is 0 Å². The maximum atomic E-state index is 8.98. The van der Waals surface area contributed by atoms with Crippen molar-refractivity contribution in [1.82, 2.24) is 0 Å². The van der Waals surface area contributed by atoms with Crippen LogP contribution in [0.2, 0.25) is 0 Å². The first-order chi connectivity index (χ1) is 2.41. The fourth-order valence-corrected chi connectivity index (χ4v) is 0.0518. The van der Waals surface area contributed by atoms with Crippen molar-refractivity contribution in [2.45, 2.75) is 0 Å². The first-order valence-electron chi connectivity index (χ1n) is 0.710. The van der Waals surface area contributed by atoms with Crippen LogP contribution in [0.5, 0.6) is 0 Å². The Labute approximate surface area is 34.0 Å². The topological polar surface area (TPSA) is 34.1 Å². The van der Waals surface area contributed by atoms with Crippen LogP contribution in [0, 0.1) is 0 Å². The van der Waals surface area contributed by atoms with Crippen molar-refractivity contribution in [3.05, 3.63) is 0 Å². The van der Waals surface area contributed by atoms with Gasteiger partial charge in [-0.2, -0.15) is 0 Å². The van der Waals surface area contributed by atoms with E-state index in [0.29, 0.717) is 14.1 Å². The first-order valence-corrected chi connectivity index (χ1v) is 1.65. The van der Waals surface area contributed by atoms with Gasteiger partial charge in [-0.3, -0.25) is 0 Å². The SMILES string of the molecule is O=[C]=[Cu]=[C]=O. The summed E-state index contributed by atoms with van der Waals surface area (Å²) >= 11 is 0.424. The van der Waals surface area contributed by atoms with Gasteiger partial charge in [0.15, 0.2) is 0 Å². The van der Waals surface area contributed by atoms with E-state index in [0.717, 1.165) is 0 Å². The molecular formula is C2CuO2. The Kier molecular flexibility index (Phi) is 3.44. The zero-order valence-corrected chi connectivity index (χ0v) is 3.06. The van der Waals surface area contributed by atoms with Crippen molar-refractivity contribution in [3.63, 3.8) is 0 Å². The van der Waals surface area contributed by atoms with E-state index in [1.54, 1.807) is 0 Å². The maximum absolute atomic E-state index is 8.98. The minimum absolute atomic E-state index is 0.424. The van der Waals surface area contributed by atoms with Crippen molar-refractivity contribution >= 4 is 9.57 Å². The van der Waals surface area contributed by atoms with Crippen LogP contribution in [0.1, 0.15) is 0 Å². The van der Waals surface area contributed by atoms with E-state index in [9.17, 15) is 0 Å². The number of rotatable bonds is 0. The van der Waals surface area contributed by atoms with Gasteiger partial charge in [0.05, 0.1) is 0 Å². The molecule has 0 radical (unpaired) electrons. The van der Waals surface area contributed by atoms with Gasteiger partial charge in [-0.15, -0.1) is 0 Å². The van der Waals surface area contributed by atoms with Gasteiger partial charge in [-0.05, 0) is 0 Å². The molecule has 0 aromatic carbocycles. The average molecular weight is 120 g/mol. The summed E-state index contributed by atoms with van der Waals surface area (Å²) in [5.41, 5.74) is 0. The van der Waals surface area contributed by atoms with E-state index in [2.05, 4.69) is 0 Å². The molecule has 0 saturated carbocycles. The molecule has 2 nitrogen and oxygen atoms in total. The average Bonchev–Trinajstić information content (AvgIpc) is 1.41. The summed E-state index contributed by atoms with van der Waals surface area (Å²) in [6.45, 7) is 0. The van der Waals surface area contributed by atoms with Crippen molar-refractivity contribution in [1.29, 1.82) is 0 Å². The zero-order chi connectivity index (χ0) is 4.12. The van der Waals surface area contributed by atoms with Crippen LogP contribution in [-0.4, -0.2) is 9.57 Å². The van der Waals surface area contributed by atoms with Gasteiger partial charge in [0.2, 0.25) is 0 Å². The van der Waals surface area contributed by atoms with E-state index in [-0.39, 0.29) is 0 Å². The molecule has 0 amide bonds. The van der Waals surface area contributed by atoms with Gasteiger partial charge in [-0.25, -0.2) is 0 Å². The fraction of sp³-hybridized carbons (Fsp3) is 0.